The first kappa shape index (κ1) is 21.9. The van der Waals surface area contributed by atoms with Gasteiger partial charge in [-0.15, -0.1) is 0 Å². The fraction of sp³-hybridized carbons (Fsp3) is 0.708. The lowest BCUT2D eigenvalue weighted by Gasteiger charge is -2.05. The van der Waals surface area contributed by atoms with E-state index in [2.05, 4.69) is 6.92 Å². The van der Waals surface area contributed by atoms with E-state index in [1.807, 2.05) is 18.2 Å². The third-order valence-corrected chi connectivity index (χ3v) is 5.41. The van der Waals surface area contributed by atoms with Gasteiger partial charge in [0.25, 0.3) is 0 Å². The van der Waals surface area contributed by atoms with Crippen molar-refractivity contribution < 1.29 is 14.3 Å². The van der Waals surface area contributed by atoms with E-state index in [0.29, 0.717) is 24.4 Å². The summed E-state index contributed by atoms with van der Waals surface area (Å²) < 4.78 is 11.1. The van der Waals surface area contributed by atoms with Crippen LogP contribution in [0.25, 0.3) is 0 Å². The summed E-state index contributed by atoms with van der Waals surface area (Å²) in [4.78, 5) is 11.8. The van der Waals surface area contributed by atoms with Crippen LogP contribution in [-0.4, -0.2) is 24.8 Å². The van der Waals surface area contributed by atoms with Crippen LogP contribution in [0, 0.1) is 0 Å². The summed E-state index contributed by atoms with van der Waals surface area (Å²) in [6.07, 6.45) is 17.7. The van der Waals surface area contributed by atoms with Gasteiger partial charge in [0.05, 0.1) is 24.4 Å². The monoisotopic (exact) mass is 374 g/mol. The average molecular weight is 375 g/mol. The van der Waals surface area contributed by atoms with E-state index in [1.165, 1.54) is 70.6 Å². The normalized spacial score (nSPS) is 18.4. The predicted octanol–water partition coefficient (Wildman–Crippen LogP) is 6.70. The molecule has 0 bridgehead atoms. The molecule has 0 aliphatic carbocycles. The highest BCUT2D eigenvalue weighted by Gasteiger charge is 2.36. The minimum Gasteiger partial charge on any atom is -0.462 e. The molecule has 3 heteroatoms. The summed E-state index contributed by atoms with van der Waals surface area (Å²) in [5, 5.41) is 0. The molecule has 0 saturated carbocycles. The van der Waals surface area contributed by atoms with Gasteiger partial charge >= 0.3 is 5.97 Å². The number of hydrogen-bond donors (Lipinski definition) is 0. The minimum absolute atomic E-state index is 0.206. The first-order valence-corrected chi connectivity index (χ1v) is 11.2. The molecule has 27 heavy (non-hydrogen) atoms. The van der Waals surface area contributed by atoms with Crippen molar-refractivity contribution in [1.82, 2.24) is 0 Å². The molecule has 1 saturated heterocycles. The molecule has 3 nitrogen and oxygen atoms in total. The lowest BCUT2D eigenvalue weighted by Crippen LogP contribution is -2.06. The molecular formula is C24H38O3. The second kappa shape index (κ2) is 13.8. The Bertz CT molecular complexity index is 500. The average Bonchev–Trinajstić information content (AvgIpc) is 3.45. The molecule has 2 atom stereocenters. The summed E-state index contributed by atoms with van der Waals surface area (Å²) in [5.41, 5.74) is 0.640. The number of esters is 1. The van der Waals surface area contributed by atoms with Gasteiger partial charge < -0.3 is 9.47 Å². The molecular weight excluding hydrogens is 336 g/mol. The van der Waals surface area contributed by atoms with E-state index in [9.17, 15) is 4.79 Å². The molecule has 1 aromatic carbocycles. The summed E-state index contributed by atoms with van der Waals surface area (Å²) in [6, 6.07) is 9.22. The fourth-order valence-corrected chi connectivity index (χ4v) is 3.61. The smallest absolute Gasteiger partial charge is 0.338 e. The van der Waals surface area contributed by atoms with E-state index in [4.69, 9.17) is 9.47 Å². The Kier molecular flexibility index (Phi) is 11.2. The van der Waals surface area contributed by atoms with Gasteiger partial charge in [-0.2, -0.15) is 0 Å². The lowest BCUT2D eigenvalue weighted by molar-refractivity contribution is 0.0497. The van der Waals surface area contributed by atoms with Gasteiger partial charge in [-0.05, 0) is 31.4 Å². The van der Waals surface area contributed by atoms with Gasteiger partial charge in [0.2, 0.25) is 0 Å². The van der Waals surface area contributed by atoms with Gasteiger partial charge in [0.1, 0.15) is 0 Å². The Hall–Kier alpha value is -1.35. The SMILES string of the molecule is CCCCCC1OC1CCCCCCCCCCOC(=O)c1ccccc1. The molecule has 0 amide bonds. The summed E-state index contributed by atoms with van der Waals surface area (Å²) >= 11 is 0. The maximum Gasteiger partial charge on any atom is 0.338 e. The van der Waals surface area contributed by atoms with Crippen LogP contribution in [0.2, 0.25) is 0 Å². The molecule has 1 fully saturated rings. The van der Waals surface area contributed by atoms with Crippen molar-refractivity contribution in [2.45, 2.75) is 103 Å². The molecule has 0 radical (unpaired) electrons. The molecule has 0 N–H and O–H groups in total. The van der Waals surface area contributed by atoms with Crippen LogP contribution in [0.3, 0.4) is 0 Å². The Morgan fingerprint density at radius 3 is 2.00 bits per heavy atom. The van der Waals surface area contributed by atoms with E-state index >= 15 is 0 Å². The molecule has 0 aromatic heterocycles. The van der Waals surface area contributed by atoms with Crippen LogP contribution in [0.5, 0.6) is 0 Å². The molecule has 1 aliphatic heterocycles. The van der Waals surface area contributed by atoms with Crippen molar-refractivity contribution in [3.63, 3.8) is 0 Å². The van der Waals surface area contributed by atoms with Gasteiger partial charge in [-0.1, -0.05) is 89.3 Å². The van der Waals surface area contributed by atoms with Crippen molar-refractivity contribution in [1.29, 1.82) is 0 Å². The quantitative estimate of drug-likeness (QED) is 0.183. The highest BCUT2D eigenvalue weighted by molar-refractivity contribution is 5.89. The topological polar surface area (TPSA) is 38.8 Å². The number of benzene rings is 1. The number of carbonyl (C=O) groups is 1. The Balaban J connectivity index is 1.30. The number of hydrogen-bond acceptors (Lipinski definition) is 3. The van der Waals surface area contributed by atoms with Crippen molar-refractivity contribution in [3.05, 3.63) is 35.9 Å². The number of ether oxygens (including phenoxy) is 2. The van der Waals surface area contributed by atoms with E-state index in [0.717, 1.165) is 12.8 Å². The minimum atomic E-state index is -0.206. The molecule has 1 heterocycles. The Labute approximate surface area is 165 Å². The summed E-state index contributed by atoms with van der Waals surface area (Å²) in [6.45, 7) is 2.79. The number of unbranched alkanes of at least 4 members (excludes halogenated alkanes) is 9. The second-order valence-corrected chi connectivity index (χ2v) is 7.83. The fourth-order valence-electron chi connectivity index (χ4n) is 3.61. The van der Waals surface area contributed by atoms with Crippen molar-refractivity contribution in [2.75, 3.05) is 6.61 Å². The Morgan fingerprint density at radius 2 is 1.37 bits per heavy atom. The van der Waals surface area contributed by atoms with Crippen LogP contribution >= 0.6 is 0 Å². The first-order chi connectivity index (χ1) is 13.3. The second-order valence-electron chi connectivity index (χ2n) is 7.83. The third-order valence-electron chi connectivity index (χ3n) is 5.41. The lowest BCUT2D eigenvalue weighted by atomic mass is 10.0. The standard InChI is InChI=1S/C24H38O3/c1-2-3-11-18-22-23(27-22)19-14-8-6-4-5-7-9-15-20-26-24(25)21-16-12-10-13-17-21/h10,12-13,16-17,22-23H,2-9,11,14-15,18-20H2,1H3. The van der Waals surface area contributed by atoms with Crippen LogP contribution in [-0.2, 0) is 9.47 Å². The predicted molar refractivity (Wildman–Crippen MR) is 111 cm³/mol. The molecule has 2 rings (SSSR count). The summed E-state index contributed by atoms with van der Waals surface area (Å²) in [7, 11) is 0. The van der Waals surface area contributed by atoms with Crippen molar-refractivity contribution >= 4 is 5.97 Å². The highest BCUT2D eigenvalue weighted by Crippen LogP contribution is 2.31. The molecule has 152 valence electrons. The Morgan fingerprint density at radius 1 is 0.815 bits per heavy atom. The zero-order valence-corrected chi connectivity index (χ0v) is 17.2. The first-order valence-electron chi connectivity index (χ1n) is 11.2. The van der Waals surface area contributed by atoms with Crippen LogP contribution in [0.15, 0.2) is 30.3 Å². The number of rotatable bonds is 16. The number of epoxide rings is 1. The highest BCUT2D eigenvalue weighted by atomic mass is 16.6. The van der Waals surface area contributed by atoms with Crippen LogP contribution in [0.4, 0.5) is 0 Å². The van der Waals surface area contributed by atoms with E-state index in [1.54, 1.807) is 12.1 Å². The van der Waals surface area contributed by atoms with Crippen LogP contribution < -0.4 is 0 Å². The molecule has 2 unspecified atom stereocenters. The zero-order valence-electron chi connectivity index (χ0n) is 17.2. The van der Waals surface area contributed by atoms with Gasteiger partial charge in [0, 0.05) is 0 Å². The maximum absolute atomic E-state index is 11.8. The largest absolute Gasteiger partial charge is 0.462 e. The van der Waals surface area contributed by atoms with E-state index < -0.39 is 0 Å². The van der Waals surface area contributed by atoms with E-state index in [-0.39, 0.29) is 5.97 Å². The van der Waals surface area contributed by atoms with Crippen molar-refractivity contribution in [2.24, 2.45) is 0 Å². The van der Waals surface area contributed by atoms with Crippen molar-refractivity contribution in [3.8, 4) is 0 Å². The maximum atomic E-state index is 11.8. The molecule has 0 spiro atoms. The van der Waals surface area contributed by atoms with Gasteiger partial charge in [-0.25, -0.2) is 4.79 Å². The zero-order chi connectivity index (χ0) is 19.2. The van der Waals surface area contributed by atoms with Gasteiger partial charge in [0.15, 0.2) is 0 Å². The molecule has 1 aliphatic rings. The van der Waals surface area contributed by atoms with Crippen LogP contribution in [0.1, 0.15) is 101 Å². The third kappa shape index (κ3) is 9.95. The molecule has 1 aromatic rings. The summed E-state index contributed by atoms with van der Waals surface area (Å²) in [5.74, 6) is -0.206. The number of carbonyl (C=O) groups excluding carboxylic acids is 1. The van der Waals surface area contributed by atoms with Gasteiger partial charge in [-0.3, -0.25) is 0 Å².